The lowest BCUT2D eigenvalue weighted by atomic mass is 9.94. The van der Waals surface area contributed by atoms with Gasteiger partial charge in [-0.05, 0) is 49.0 Å². The molecule has 1 aliphatic carbocycles. The minimum atomic E-state index is 0.121. The standard InChI is InChI=1S/C19H25N3S/c20-17-11-13-22(14-12-17)19(23)21-18(15-7-3-1-4-8-15)16-9-5-2-6-10-16/h1,3-5,7-10,17-18H,2,6,11-14,20H2,(H,21,23). The van der Waals surface area contributed by atoms with Crippen LogP contribution in [0.25, 0.3) is 0 Å². The Bertz CT molecular complexity index is 586. The van der Waals surface area contributed by atoms with Crippen LogP contribution in [0, 0.1) is 0 Å². The number of nitrogens with zero attached hydrogens (tertiary/aromatic N) is 1. The number of nitrogens with two attached hydrogens (primary N) is 1. The first-order valence-corrected chi connectivity index (χ1v) is 8.87. The van der Waals surface area contributed by atoms with Crippen LogP contribution < -0.4 is 11.1 Å². The maximum absolute atomic E-state index is 6.00. The summed E-state index contributed by atoms with van der Waals surface area (Å²) in [6.07, 6.45) is 11.0. The Morgan fingerprint density at radius 1 is 1.17 bits per heavy atom. The Hall–Kier alpha value is -1.65. The third-order valence-corrected chi connectivity index (χ3v) is 4.96. The van der Waals surface area contributed by atoms with Crippen molar-refractivity contribution in [3.05, 3.63) is 59.7 Å². The Morgan fingerprint density at radius 3 is 2.57 bits per heavy atom. The fourth-order valence-corrected chi connectivity index (χ4v) is 3.47. The normalized spacial score (nSPS) is 20.0. The van der Waals surface area contributed by atoms with E-state index in [1.54, 1.807) is 0 Å². The van der Waals surface area contributed by atoms with Gasteiger partial charge in [0.2, 0.25) is 0 Å². The van der Waals surface area contributed by atoms with E-state index in [-0.39, 0.29) is 6.04 Å². The van der Waals surface area contributed by atoms with Gasteiger partial charge in [-0.2, -0.15) is 0 Å². The van der Waals surface area contributed by atoms with E-state index < -0.39 is 0 Å². The summed E-state index contributed by atoms with van der Waals surface area (Å²) in [5.74, 6) is 0. The second-order valence-electron chi connectivity index (χ2n) is 6.30. The predicted octanol–water partition coefficient (Wildman–Crippen LogP) is 3.30. The van der Waals surface area contributed by atoms with Crippen LogP contribution in [0.2, 0.25) is 0 Å². The molecule has 0 radical (unpaired) electrons. The number of piperidine rings is 1. The maximum Gasteiger partial charge on any atom is 0.169 e. The predicted molar refractivity (Wildman–Crippen MR) is 100 cm³/mol. The highest BCUT2D eigenvalue weighted by Gasteiger charge is 2.22. The number of thiocarbonyl (C=S) groups is 1. The van der Waals surface area contributed by atoms with Crippen LogP contribution in [0.1, 0.15) is 37.3 Å². The SMILES string of the molecule is NC1CCN(C(=S)NC(C2=CCCC=C2)c2ccccc2)CC1. The van der Waals surface area contributed by atoms with Crippen LogP contribution >= 0.6 is 12.2 Å². The summed E-state index contributed by atoms with van der Waals surface area (Å²) in [4.78, 5) is 2.25. The van der Waals surface area contributed by atoms with Crippen molar-refractivity contribution in [2.75, 3.05) is 13.1 Å². The Labute approximate surface area is 144 Å². The lowest BCUT2D eigenvalue weighted by Crippen LogP contribution is -2.48. The highest BCUT2D eigenvalue weighted by atomic mass is 32.1. The molecule has 1 heterocycles. The molecule has 1 unspecified atom stereocenters. The van der Waals surface area contributed by atoms with Gasteiger partial charge >= 0.3 is 0 Å². The van der Waals surface area contributed by atoms with E-state index in [0.717, 1.165) is 43.9 Å². The van der Waals surface area contributed by atoms with Crippen LogP contribution in [0.4, 0.5) is 0 Å². The Morgan fingerprint density at radius 2 is 1.91 bits per heavy atom. The average Bonchev–Trinajstić information content (AvgIpc) is 2.61. The number of nitrogens with one attached hydrogen (secondary N) is 1. The van der Waals surface area contributed by atoms with Crippen molar-refractivity contribution in [2.24, 2.45) is 5.73 Å². The second kappa shape index (κ2) is 7.75. The quantitative estimate of drug-likeness (QED) is 0.836. The molecule has 1 fully saturated rings. The average molecular weight is 327 g/mol. The van der Waals surface area contributed by atoms with Crippen molar-refractivity contribution in [1.82, 2.24) is 10.2 Å². The second-order valence-corrected chi connectivity index (χ2v) is 6.69. The molecule has 1 aliphatic heterocycles. The van der Waals surface area contributed by atoms with Crippen molar-refractivity contribution in [3.8, 4) is 0 Å². The van der Waals surface area contributed by atoms with Gasteiger partial charge in [0.15, 0.2) is 5.11 Å². The molecule has 0 saturated carbocycles. The molecule has 4 heteroatoms. The van der Waals surface area contributed by atoms with Gasteiger partial charge in [-0.15, -0.1) is 0 Å². The summed E-state index contributed by atoms with van der Waals surface area (Å²) in [6.45, 7) is 1.90. The molecular weight excluding hydrogens is 302 g/mol. The third-order valence-electron chi connectivity index (χ3n) is 4.58. The molecular formula is C19H25N3S. The number of allylic oxidation sites excluding steroid dienone is 2. The molecule has 3 N–H and O–H groups in total. The lowest BCUT2D eigenvalue weighted by molar-refractivity contribution is 0.308. The number of rotatable bonds is 3. The van der Waals surface area contributed by atoms with E-state index >= 15 is 0 Å². The zero-order valence-corrected chi connectivity index (χ0v) is 14.3. The topological polar surface area (TPSA) is 41.3 Å². The number of likely N-dealkylation sites (tertiary alicyclic amines) is 1. The molecule has 1 saturated heterocycles. The van der Waals surface area contributed by atoms with Crippen molar-refractivity contribution in [1.29, 1.82) is 0 Å². The summed E-state index contributed by atoms with van der Waals surface area (Å²) in [7, 11) is 0. The van der Waals surface area contributed by atoms with E-state index in [0.29, 0.717) is 6.04 Å². The lowest BCUT2D eigenvalue weighted by Gasteiger charge is -2.34. The molecule has 23 heavy (non-hydrogen) atoms. The summed E-state index contributed by atoms with van der Waals surface area (Å²) in [5.41, 5.74) is 8.55. The molecule has 0 aromatic heterocycles. The van der Waals surface area contributed by atoms with Gasteiger partial charge in [0.1, 0.15) is 0 Å². The molecule has 0 amide bonds. The summed E-state index contributed by atoms with van der Waals surface area (Å²) < 4.78 is 0. The van der Waals surface area contributed by atoms with Gasteiger partial charge in [0.05, 0.1) is 6.04 Å². The van der Waals surface area contributed by atoms with E-state index in [9.17, 15) is 0 Å². The number of hydrogen-bond acceptors (Lipinski definition) is 2. The molecule has 1 aromatic rings. The summed E-state index contributed by atoms with van der Waals surface area (Å²) >= 11 is 5.68. The van der Waals surface area contributed by atoms with Gasteiger partial charge < -0.3 is 16.0 Å². The van der Waals surface area contributed by atoms with Crippen molar-refractivity contribution in [3.63, 3.8) is 0 Å². The van der Waals surface area contributed by atoms with Crippen molar-refractivity contribution < 1.29 is 0 Å². The molecule has 1 aromatic carbocycles. The van der Waals surface area contributed by atoms with Gasteiger partial charge in [0.25, 0.3) is 0 Å². The van der Waals surface area contributed by atoms with Gasteiger partial charge in [-0.1, -0.05) is 48.6 Å². The first-order valence-electron chi connectivity index (χ1n) is 8.46. The number of hydrogen-bond donors (Lipinski definition) is 2. The van der Waals surface area contributed by atoms with Crippen molar-refractivity contribution >= 4 is 17.3 Å². The van der Waals surface area contributed by atoms with E-state index in [1.807, 2.05) is 0 Å². The minimum Gasteiger partial charge on any atom is -0.352 e. The largest absolute Gasteiger partial charge is 0.352 e. The summed E-state index contributed by atoms with van der Waals surface area (Å²) in [6, 6.07) is 11.0. The van der Waals surface area contributed by atoms with Crippen LogP contribution in [-0.4, -0.2) is 29.1 Å². The van der Waals surface area contributed by atoms with Gasteiger partial charge in [-0.25, -0.2) is 0 Å². The van der Waals surface area contributed by atoms with Crippen LogP contribution in [0.3, 0.4) is 0 Å². The van der Waals surface area contributed by atoms with Crippen molar-refractivity contribution in [2.45, 2.75) is 37.8 Å². The Balaban J connectivity index is 1.75. The fourth-order valence-electron chi connectivity index (χ4n) is 3.17. The highest BCUT2D eigenvalue weighted by Crippen LogP contribution is 2.26. The fraction of sp³-hybridized carbons (Fsp3) is 0.421. The first kappa shape index (κ1) is 16.2. The molecule has 0 bridgehead atoms. The molecule has 0 spiro atoms. The molecule has 3 nitrogen and oxygen atoms in total. The van der Waals surface area contributed by atoms with E-state index in [1.165, 1.54) is 11.1 Å². The minimum absolute atomic E-state index is 0.121. The van der Waals surface area contributed by atoms with E-state index in [4.69, 9.17) is 18.0 Å². The monoisotopic (exact) mass is 327 g/mol. The van der Waals surface area contributed by atoms with Crippen LogP contribution in [0.5, 0.6) is 0 Å². The zero-order valence-electron chi connectivity index (χ0n) is 13.4. The van der Waals surface area contributed by atoms with Gasteiger partial charge in [-0.3, -0.25) is 0 Å². The molecule has 122 valence electrons. The third kappa shape index (κ3) is 4.21. The summed E-state index contributed by atoms with van der Waals surface area (Å²) in [5, 5.41) is 4.42. The smallest absolute Gasteiger partial charge is 0.169 e. The zero-order chi connectivity index (χ0) is 16.1. The van der Waals surface area contributed by atoms with E-state index in [2.05, 4.69) is 58.8 Å². The maximum atomic E-state index is 6.00. The van der Waals surface area contributed by atoms with Gasteiger partial charge in [0, 0.05) is 19.1 Å². The van der Waals surface area contributed by atoms with Crippen LogP contribution in [0.15, 0.2) is 54.1 Å². The Kier molecular flexibility index (Phi) is 5.47. The highest BCUT2D eigenvalue weighted by molar-refractivity contribution is 7.80. The van der Waals surface area contributed by atoms with Crippen LogP contribution in [-0.2, 0) is 0 Å². The number of benzene rings is 1. The first-order chi connectivity index (χ1) is 11.2. The molecule has 3 rings (SSSR count). The molecule has 1 atom stereocenters. The molecule has 2 aliphatic rings.